The fourth-order valence-electron chi connectivity index (χ4n) is 2.92. The molecule has 3 aromatic rings. The number of hydrogen-bond donors (Lipinski definition) is 0. The first-order valence-corrected chi connectivity index (χ1v) is 11.5. The summed E-state index contributed by atoms with van der Waals surface area (Å²) in [5.74, 6) is -0.765. The Bertz CT molecular complexity index is 1110. The van der Waals surface area contributed by atoms with Gasteiger partial charge in [0.25, 0.3) is 0 Å². The lowest BCUT2D eigenvalue weighted by Gasteiger charge is -2.38. The van der Waals surface area contributed by atoms with E-state index >= 15 is 0 Å². The number of fused-ring (bicyclic) bond motifs is 1. The Morgan fingerprint density at radius 1 is 1.18 bits per heavy atom. The number of esters is 1. The molecule has 2 aromatic carbocycles. The van der Waals surface area contributed by atoms with Gasteiger partial charge in [0.05, 0.1) is 39.9 Å². The SMILES string of the molecule is O=C(CCS(=O)(=O)c1ccccc1)OC1CN(c2nc3c(Cl)cccc3s2)C1. The summed E-state index contributed by atoms with van der Waals surface area (Å²) >= 11 is 7.69. The van der Waals surface area contributed by atoms with Crippen molar-refractivity contribution in [1.82, 2.24) is 4.98 Å². The molecular formula is C19H17ClN2O4S2. The number of carbonyl (C=O) groups excluding carboxylic acids is 1. The number of nitrogens with zero attached hydrogens (tertiary/aromatic N) is 2. The number of para-hydroxylation sites is 1. The number of rotatable bonds is 6. The summed E-state index contributed by atoms with van der Waals surface area (Å²) in [7, 11) is -3.48. The molecule has 2 heterocycles. The van der Waals surface area contributed by atoms with Gasteiger partial charge in [-0.15, -0.1) is 0 Å². The van der Waals surface area contributed by atoms with E-state index in [-0.39, 0.29) is 23.2 Å². The van der Waals surface area contributed by atoms with Crippen LogP contribution in [0.3, 0.4) is 0 Å². The van der Waals surface area contributed by atoms with Crippen molar-refractivity contribution in [3.8, 4) is 0 Å². The first-order valence-electron chi connectivity index (χ1n) is 8.70. The van der Waals surface area contributed by atoms with E-state index in [1.165, 1.54) is 23.5 Å². The zero-order chi connectivity index (χ0) is 19.7. The zero-order valence-electron chi connectivity index (χ0n) is 14.7. The molecule has 0 atom stereocenters. The molecular weight excluding hydrogens is 420 g/mol. The fraction of sp³-hybridized carbons (Fsp3) is 0.263. The minimum Gasteiger partial charge on any atom is -0.459 e. The van der Waals surface area contributed by atoms with E-state index in [4.69, 9.17) is 16.3 Å². The molecule has 0 unspecified atom stereocenters. The maximum Gasteiger partial charge on any atom is 0.307 e. The average Bonchev–Trinajstić information content (AvgIpc) is 3.08. The molecule has 6 nitrogen and oxygen atoms in total. The predicted octanol–water partition coefficient (Wildman–Crippen LogP) is 3.55. The van der Waals surface area contributed by atoms with Crippen LogP contribution in [0, 0.1) is 0 Å². The highest BCUT2D eigenvalue weighted by atomic mass is 35.5. The zero-order valence-corrected chi connectivity index (χ0v) is 17.1. The van der Waals surface area contributed by atoms with Gasteiger partial charge in [0, 0.05) is 0 Å². The highest BCUT2D eigenvalue weighted by Crippen LogP contribution is 2.34. The summed E-state index contributed by atoms with van der Waals surface area (Å²) < 4.78 is 30.8. The van der Waals surface area contributed by atoms with Gasteiger partial charge in [0.1, 0.15) is 11.6 Å². The Balaban J connectivity index is 1.28. The van der Waals surface area contributed by atoms with E-state index in [0.717, 1.165) is 15.3 Å². The van der Waals surface area contributed by atoms with Gasteiger partial charge in [-0.05, 0) is 24.3 Å². The lowest BCUT2D eigenvalue weighted by atomic mass is 10.2. The Morgan fingerprint density at radius 3 is 2.64 bits per heavy atom. The predicted molar refractivity (Wildman–Crippen MR) is 110 cm³/mol. The van der Waals surface area contributed by atoms with Crippen LogP contribution in [0.4, 0.5) is 5.13 Å². The van der Waals surface area contributed by atoms with Crippen molar-refractivity contribution in [3.05, 3.63) is 53.6 Å². The second-order valence-electron chi connectivity index (χ2n) is 6.48. The van der Waals surface area contributed by atoms with Crippen LogP contribution in [0.15, 0.2) is 53.4 Å². The second-order valence-corrected chi connectivity index (χ2v) is 10.0. The van der Waals surface area contributed by atoms with Crippen LogP contribution in [-0.4, -0.2) is 44.3 Å². The molecule has 0 spiro atoms. The topological polar surface area (TPSA) is 76.6 Å². The lowest BCUT2D eigenvalue weighted by molar-refractivity contribution is -0.149. The van der Waals surface area contributed by atoms with Crippen molar-refractivity contribution >= 4 is 54.1 Å². The summed E-state index contributed by atoms with van der Waals surface area (Å²) in [4.78, 5) is 18.8. The molecule has 1 fully saturated rings. The molecule has 4 rings (SSSR count). The van der Waals surface area contributed by atoms with Crippen molar-refractivity contribution in [2.75, 3.05) is 23.7 Å². The van der Waals surface area contributed by atoms with E-state index in [9.17, 15) is 13.2 Å². The van der Waals surface area contributed by atoms with Crippen molar-refractivity contribution in [3.63, 3.8) is 0 Å². The van der Waals surface area contributed by atoms with Crippen molar-refractivity contribution in [1.29, 1.82) is 0 Å². The van der Waals surface area contributed by atoms with E-state index in [0.29, 0.717) is 18.1 Å². The monoisotopic (exact) mass is 436 g/mol. The van der Waals surface area contributed by atoms with Gasteiger partial charge in [-0.25, -0.2) is 13.4 Å². The number of ether oxygens (including phenoxy) is 1. The van der Waals surface area contributed by atoms with Gasteiger partial charge < -0.3 is 9.64 Å². The van der Waals surface area contributed by atoms with Gasteiger partial charge in [-0.2, -0.15) is 0 Å². The highest BCUT2D eigenvalue weighted by molar-refractivity contribution is 7.91. The molecule has 1 aliphatic rings. The van der Waals surface area contributed by atoms with Crippen LogP contribution < -0.4 is 4.90 Å². The second kappa shape index (κ2) is 7.69. The van der Waals surface area contributed by atoms with Gasteiger partial charge in [-0.1, -0.05) is 47.2 Å². The average molecular weight is 437 g/mol. The molecule has 28 heavy (non-hydrogen) atoms. The Morgan fingerprint density at radius 2 is 1.93 bits per heavy atom. The summed E-state index contributed by atoms with van der Waals surface area (Å²) in [6.45, 7) is 1.07. The molecule has 146 valence electrons. The number of benzene rings is 2. The molecule has 0 N–H and O–H groups in total. The van der Waals surface area contributed by atoms with Gasteiger partial charge in [0.15, 0.2) is 15.0 Å². The van der Waals surface area contributed by atoms with E-state index in [2.05, 4.69) is 4.98 Å². The minimum atomic E-state index is -3.48. The summed E-state index contributed by atoms with van der Waals surface area (Å²) in [5, 5.41) is 1.45. The molecule has 9 heteroatoms. The van der Waals surface area contributed by atoms with Crippen LogP contribution >= 0.6 is 22.9 Å². The summed E-state index contributed by atoms with van der Waals surface area (Å²) in [5.41, 5.74) is 0.774. The summed E-state index contributed by atoms with van der Waals surface area (Å²) in [6.07, 6.45) is -0.417. The van der Waals surface area contributed by atoms with Gasteiger partial charge in [-0.3, -0.25) is 4.79 Å². The molecule has 0 aliphatic carbocycles. The van der Waals surface area contributed by atoms with Crippen LogP contribution in [0.1, 0.15) is 6.42 Å². The normalized spacial score (nSPS) is 14.8. The van der Waals surface area contributed by atoms with Crippen LogP contribution in [-0.2, 0) is 19.4 Å². The Labute approximate surface area is 171 Å². The number of halogens is 1. The van der Waals surface area contributed by atoms with E-state index < -0.39 is 15.8 Å². The number of aromatic nitrogens is 1. The third kappa shape index (κ3) is 3.99. The Hall–Kier alpha value is -2.16. The first-order chi connectivity index (χ1) is 13.4. The fourth-order valence-corrected chi connectivity index (χ4v) is 5.44. The number of sulfone groups is 1. The number of anilines is 1. The molecule has 0 bridgehead atoms. The molecule has 0 saturated carbocycles. The first kappa shape index (κ1) is 19.2. The number of carbonyl (C=O) groups is 1. The smallest absolute Gasteiger partial charge is 0.307 e. The molecule has 0 amide bonds. The third-order valence-corrected chi connectivity index (χ3v) is 7.57. The van der Waals surface area contributed by atoms with Crippen molar-refractivity contribution < 1.29 is 17.9 Å². The molecule has 0 radical (unpaired) electrons. The maximum atomic E-state index is 12.2. The number of hydrogen-bond acceptors (Lipinski definition) is 7. The molecule has 1 aromatic heterocycles. The summed E-state index contributed by atoms with van der Waals surface area (Å²) in [6, 6.07) is 13.8. The van der Waals surface area contributed by atoms with Crippen molar-refractivity contribution in [2.45, 2.75) is 17.4 Å². The lowest BCUT2D eigenvalue weighted by Crippen LogP contribution is -2.53. The molecule has 1 aliphatic heterocycles. The maximum absolute atomic E-state index is 12.2. The minimum absolute atomic E-state index is 0.162. The van der Waals surface area contributed by atoms with E-state index in [1.54, 1.807) is 24.3 Å². The number of thiazole rings is 1. The van der Waals surface area contributed by atoms with E-state index in [1.807, 2.05) is 17.0 Å². The van der Waals surface area contributed by atoms with Crippen molar-refractivity contribution in [2.24, 2.45) is 0 Å². The van der Waals surface area contributed by atoms with Crippen LogP contribution in [0.25, 0.3) is 10.2 Å². The quantitative estimate of drug-likeness (QED) is 0.550. The largest absolute Gasteiger partial charge is 0.459 e. The van der Waals surface area contributed by atoms with Crippen LogP contribution in [0.5, 0.6) is 0 Å². The van der Waals surface area contributed by atoms with Crippen LogP contribution in [0.2, 0.25) is 5.02 Å². The van der Waals surface area contributed by atoms with Gasteiger partial charge in [0.2, 0.25) is 0 Å². The standard InChI is InChI=1S/C19H17ClN2O4S2/c20-15-7-4-8-16-18(15)21-19(27-16)22-11-13(12-22)26-17(23)9-10-28(24,25)14-5-2-1-3-6-14/h1-8,13H,9-12H2. The third-order valence-electron chi connectivity index (χ3n) is 4.45. The Kier molecular flexibility index (Phi) is 5.27. The highest BCUT2D eigenvalue weighted by Gasteiger charge is 2.32. The van der Waals surface area contributed by atoms with Gasteiger partial charge >= 0.3 is 5.97 Å². The molecule has 1 saturated heterocycles.